The Hall–Kier alpha value is -3.52. The molecule has 0 nitrogen and oxygen atoms in total. The van der Waals surface area contributed by atoms with Gasteiger partial charge >= 0.3 is 386 Å². The molecule has 0 amide bonds. The molecule has 1 aliphatic heterocycles. The summed E-state index contributed by atoms with van der Waals surface area (Å²) in [6.45, 7) is 18.8. The van der Waals surface area contributed by atoms with Gasteiger partial charge in [-0.15, -0.1) is 0 Å². The zero-order valence-electron chi connectivity index (χ0n) is 38.1. The molecule has 6 aromatic carbocycles. The van der Waals surface area contributed by atoms with E-state index in [1.54, 1.807) is 0 Å². The predicted octanol–water partition coefficient (Wildman–Crippen LogP) is 15.0. The molecule has 0 saturated carbocycles. The third kappa shape index (κ3) is 7.19. The first-order valence-electron chi connectivity index (χ1n) is 23.3. The van der Waals surface area contributed by atoms with Gasteiger partial charge < -0.3 is 0 Å². The topological polar surface area (TPSA) is 0 Å². The van der Waals surface area contributed by atoms with Gasteiger partial charge in [0.1, 0.15) is 0 Å². The van der Waals surface area contributed by atoms with Crippen LogP contribution in [0.2, 0.25) is 0 Å². The maximum absolute atomic E-state index is 9.53. The second kappa shape index (κ2) is 16.5. The fraction of sp³-hybridized carbons (Fsp3) is 0.310. The van der Waals surface area contributed by atoms with Crippen LogP contribution in [0.3, 0.4) is 0 Å². The molecule has 4 heteroatoms. The molecular weight excluding hydrogens is 887 g/mol. The third-order valence-electron chi connectivity index (χ3n) is 14.4. The fourth-order valence-electron chi connectivity index (χ4n) is 11.6. The zero-order chi connectivity index (χ0) is 43.6. The van der Waals surface area contributed by atoms with Crippen molar-refractivity contribution in [3.63, 3.8) is 0 Å². The average molecular weight is 950 g/mol. The summed E-state index contributed by atoms with van der Waals surface area (Å²) in [5, 5.41) is 2.99. The maximum atomic E-state index is 9.53. The minimum atomic E-state index is -5.72. The van der Waals surface area contributed by atoms with E-state index in [9.17, 15) is 17.0 Å². The molecule has 0 radical (unpaired) electrons. The zero-order valence-corrected chi connectivity index (χ0v) is 43.5. The summed E-state index contributed by atoms with van der Waals surface area (Å²) < 4.78 is 1.13. The molecule has 1 heterocycles. The van der Waals surface area contributed by atoms with Crippen molar-refractivity contribution >= 4 is 52.3 Å². The number of rotatable bonds is 11. The van der Waals surface area contributed by atoms with Crippen LogP contribution in [-0.4, -0.2) is 9.52 Å². The van der Waals surface area contributed by atoms with Gasteiger partial charge in [0.2, 0.25) is 0 Å². The van der Waals surface area contributed by atoms with Crippen molar-refractivity contribution in [3.05, 3.63) is 172 Å². The standard InChI is InChI=1S/2C23H27.C12H9Si.2ClH.Zr/c2*1-5-6-10-17-15-19-13-14-21(23(2,3)4)22(20(19)16-17)18-11-8-7-9-12-18;1-3-7-11-9(5-1)10-6-2-4-8-12(10)13-11;;;/h2*7-9,11-16H,5-6,10H2,1-4H3;1-7H,13H2;2*1H;/q;;;;;+2/p-2. The molecule has 0 bridgehead atoms. The summed E-state index contributed by atoms with van der Waals surface area (Å²) in [5.41, 5.74) is 18.8. The van der Waals surface area contributed by atoms with Gasteiger partial charge in [0, 0.05) is 0 Å². The molecule has 0 N–H and O–H groups in total. The van der Waals surface area contributed by atoms with E-state index in [1.165, 1.54) is 91.6 Å². The summed E-state index contributed by atoms with van der Waals surface area (Å²) in [6.07, 6.45) is 11.6. The summed E-state index contributed by atoms with van der Waals surface area (Å²) in [4.78, 5) is 0. The molecule has 9 rings (SSSR count). The molecule has 2 aliphatic carbocycles. The quantitative estimate of drug-likeness (QED) is 0.113. The Morgan fingerprint density at radius 2 is 0.968 bits per heavy atom. The van der Waals surface area contributed by atoms with Gasteiger partial charge in [-0.2, -0.15) is 0 Å². The van der Waals surface area contributed by atoms with Crippen LogP contribution in [0, 0.1) is 0 Å². The van der Waals surface area contributed by atoms with Crippen LogP contribution in [0.15, 0.2) is 139 Å². The van der Waals surface area contributed by atoms with Crippen molar-refractivity contribution in [3.8, 4) is 33.4 Å². The Bertz CT molecular complexity index is 2610. The van der Waals surface area contributed by atoms with Crippen molar-refractivity contribution in [2.75, 3.05) is 0 Å². The van der Waals surface area contributed by atoms with E-state index < -0.39 is 25.9 Å². The van der Waals surface area contributed by atoms with E-state index in [-0.39, 0.29) is 18.1 Å². The minimum absolute atomic E-state index is 0.0631. The Morgan fingerprint density at radius 1 is 0.516 bits per heavy atom. The van der Waals surface area contributed by atoms with Crippen molar-refractivity contribution in [2.45, 2.75) is 112 Å². The molecule has 0 fully saturated rings. The second-order valence-electron chi connectivity index (χ2n) is 20.5. The van der Waals surface area contributed by atoms with Crippen LogP contribution < -0.4 is 13.6 Å². The van der Waals surface area contributed by atoms with Gasteiger partial charge in [0.25, 0.3) is 0 Å². The molecule has 6 aromatic rings. The van der Waals surface area contributed by atoms with E-state index in [0.717, 1.165) is 38.5 Å². The molecule has 2 atom stereocenters. The van der Waals surface area contributed by atoms with Gasteiger partial charge in [-0.25, -0.2) is 0 Å². The van der Waals surface area contributed by atoms with Crippen LogP contribution in [0.4, 0.5) is 0 Å². The predicted molar refractivity (Wildman–Crippen MR) is 273 cm³/mol. The molecule has 0 aromatic heterocycles. The normalized spacial score (nSPS) is 17.8. The summed E-state index contributed by atoms with van der Waals surface area (Å²) in [5.74, 6) is 0. The summed E-state index contributed by atoms with van der Waals surface area (Å²) >= 11 is -5.72. The fourth-order valence-corrected chi connectivity index (χ4v) is 39.6. The first kappa shape index (κ1) is 43.7. The van der Waals surface area contributed by atoms with E-state index in [2.05, 4.69) is 195 Å². The summed E-state index contributed by atoms with van der Waals surface area (Å²) in [7, 11) is 18.2. The monoisotopic (exact) mass is 947 g/mol. The number of halogens is 2. The SMILES string of the molecule is CCCCC1=Cc2c(ccc(C(C)(C)C)c2-c2ccccc2)[CH]1[Zr]([Cl])([Cl])([c]1cccc2c1[SiH2]c1ccccc1-2)[CH]1C(CCCC)=Cc2c1ccc(C(C)(C)C)c2-c1ccccc1. The Labute approximate surface area is 383 Å². The van der Waals surface area contributed by atoms with Crippen molar-refractivity contribution in [1.82, 2.24) is 0 Å². The number of hydrogen-bond acceptors (Lipinski definition) is 0. The van der Waals surface area contributed by atoms with E-state index >= 15 is 0 Å². The Balaban J connectivity index is 1.42. The van der Waals surface area contributed by atoms with Gasteiger partial charge in [-0.3, -0.25) is 0 Å². The van der Waals surface area contributed by atoms with Crippen LogP contribution >= 0.6 is 17.0 Å². The van der Waals surface area contributed by atoms with Crippen molar-refractivity contribution < 1.29 is 16.4 Å². The van der Waals surface area contributed by atoms with E-state index in [4.69, 9.17) is 0 Å². The van der Waals surface area contributed by atoms with Crippen LogP contribution in [0.1, 0.15) is 135 Å². The first-order chi connectivity index (χ1) is 29.7. The van der Waals surface area contributed by atoms with Crippen LogP contribution in [0.25, 0.3) is 45.5 Å². The molecule has 62 heavy (non-hydrogen) atoms. The number of unbranched alkanes of at least 4 members (excludes halogenated alkanes) is 2. The third-order valence-corrected chi connectivity index (χ3v) is 37.2. The van der Waals surface area contributed by atoms with E-state index in [1.807, 2.05) is 0 Å². The number of benzene rings is 6. The molecular formula is C58H63Cl2SiZr. The number of hydrogen-bond donors (Lipinski definition) is 0. The molecule has 3 aliphatic rings. The summed E-state index contributed by atoms with van der Waals surface area (Å²) in [6, 6.07) is 48.3. The van der Waals surface area contributed by atoms with E-state index in [0.29, 0.717) is 0 Å². The number of fused-ring (bicyclic) bond motifs is 5. The van der Waals surface area contributed by atoms with Gasteiger partial charge in [0.15, 0.2) is 0 Å². The second-order valence-corrected chi connectivity index (χ2v) is 43.0. The van der Waals surface area contributed by atoms with Crippen molar-refractivity contribution in [2.24, 2.45) is 0 Å². The van der Waals surface area contributed by atoms with Crippen LogP contribution in [0.5, 0.6) is 0 Å². The molecule has 0 saturated heterocycles. The molecule has 0 spiro atoms. The van der Waals surface area contributed by atoms with Gasteiger partial charge in [-0.05, 0) is 0 Å². The van der Waals surface area contributed by atoms with Gasteiger partial charge in [0.05, 0.1) is 0 Å². The van der Waals surface area contributed by atoms with Gasteiger partial charge in [-0.1, -0.05) is 0 Å². The average Bonchev–Trinajstić information content (AvgIpc) is 3.96. The Morgan fingerprint density at radius 3 is 1.44 bits per heavy atom. The first-order valence-corrected chi connectivity index (χ1v) is 35.1. The van der Waals surface area contributed by atoms with Crippen LogP contribution in [-0.2, 0) is 27.2 Å². The van der Waals surface area contributed by atoms with Crippen molar-refractivity contribution in [1.29, 1.82) is 0 Å². The molecule has 317 valence electrons. The number of allylic oxidation sites excluding steroid dienone is 2. The Kier molecular flexibility index (Phi) is 11.6. The molecule has 2 unspecified atom stereocenters.